The molecule has 0 radical (unpaired) electrons. The summed E-state index contributed by atoms with van der Waals surface area (Å²) in [5.74, 6) is 0. The van der Waals surface area contributed by atoms with E-state index in [1.54, 1.807) is 7.11 Å². The largest absolute Gasteiger partial charge is 0.377 e. The standard InChI is InChI=1S/C11H16O/c1-3-11(12-2)10-8-6-4-5-7-9-10/h4-8,11H,3,9H2,1-2H3. The summed E-state index contributed by atoms with van der Waals surface area (Å²) in [7, 11) is 1.77. The molecule has 1 unspecified atom stereocenters. The molecule has 12 heavy (non-hydrogen) atoms. The van der Waals surface area contributed by atoms with E-state index in [4.69, 9.17) is 4.74 Å². The minimum atomic E-state index is 0.289. The Morgan fingerprint density at radius 2 is 2.25 bits per heavy atom. The lowest BCUT2D eigenvalue weighted by molar-refractivity contribution is 0.127. The first kappa shape index (κ1) is 9.27. The van der Waals surface area contributed by atoms with Crippen LogP contribution in [0.4, 0.5) is 0 Å². The van der Waals surface area contributed by atoms with Crippen molar-refractivity contribution >= 4 is 0 Å². The molecule has 66 valence electrons. The third kappa shape index (κ3) is 2.35. The SMILES string of the molecule is CCC(OC)C1=CC=CC=CC1. The second-order valence-electron chi connectivity index (χ2n) is 2.89. The lowest BCUT2D eigenvalue weighted by atomic mass is 10.0. The minimum Gasteiger partial charge on any atom is -0.377 e. The van der Waals surface area contributed by atoms with Crippen LogP contribution in [0.15, 0.2) is 36.0 Å². The average Bonchev–Trinajstić information content (AvgIpc) is 2.35. The Bertz CT molecular complexity index is 207. The fraction of sp³-hybridized carbons (Fsp3) is 0.455. The van der Waals surface area contributed by atoms with Crippen LogP contribution in [-0.2, 0) is 4.74 Å². The molecule has 1 heteroatoms. The molecule has 1 nitrogen and oxygen atoms in total. The normalized spacial score (nSPS) is 18.7. The molecule has 0 bridgehead atoms. The molecule has 0 heterocycles. The van der Waals surface area contributed by atoms with Crippen molar-refractivity contribution in [2.75, 3.05) is 7.11 Å². The van der Waals surface area contributed by atoms with Gasteiger partial charge in [-0.2, -0.15) is 0 Å². The molecular formula is C11H16O. The highest BCUT2D eigenvalue weighted by molar-refractivity contribution is 5.25. The van der Waals surface area contributed by atoms with Crippen LogP contribution in [0.5, 0.6) is 0 Å². The van der Waals surface area contributed by atoms with Gasteiger partial charge in [-0.1, -0.05) is 37.3 Å². The number of hydrogen-bond donors (Lipinski definition) is 0. The quantitative estimate of drug-likeness (QED) is 0.623. The summed E-state index contributed by atoms with van der Waals surface area (Å²) in [4.78, 5) is 0. The average molecular weight is 164 g/mol. The van der Waals surface area contributed by atoms with E-state index in [9.17, 15) is 0 Å². The third-order valence-electron chi connectivity index (χ3n) is 2.09. The van der Waals surface area contributed by atoms with Gasteiger partial charge in [0, 0.05) is 7.11 Å². The van der Waals surface area contributed by atoms with Gasteiger partial charge in [0.05, 0.1) is 6.10 Å². The summed E-state index contributed by atoms with van der Waals surface area (Å²) in [5.41, 5.74) is 1.37. The van der Waals surface area contributed by atoms with Crippen LogP contribution >= 0.6 is 0 Å². The highest BCUT2D eigenvalue weighted by atomic mass is 16.5. The fourth-order valence-corrected chi connectivity index (χ4v) is 1.41. The van der Waals surface area contributed by atoms with E-state index in [2.05, 4.69) is 37.3 Å². The monoisotopic (exact) mass is 164 g/mol. The number of allylic oxidation sites excluding steroid dienone is 5. The summed E-state index contributed by atoms with van der Waals surface area (Å²) in [6.07, 6.45) is 12.9. The first-order valence-corrected chi connectivity index (χ1v) is 4.43. The number of hydrogen-bond acceptors (Lipinski definition) is 1. The Hall–Kier alpha value is -0.820. The van der Waals surface area contributed by atoms with E-state index in [0.29, 0.717) is 0 Å². The van der Waals surface area contributed by atoms with Gasteiger partial charge in [0.25, 0.3) is 0 Å². The van der Waals surface area contributed by atoms with Crippen LogP contribution in [0.2, 0.25) is 0 Å². The summed E-state index contributed by atoms with van der Waals surface area (Å²) >= 11 is 0. The van der Waals surface area contributed by atoms with Crippen LogP contribution in [0.1, 0.15) is 19.8 Å². The van der Waals surface area contributed by atoms with Gasteiger partial charge >= 0.3 is 0 Å². The second-order valence-corrected chi connectivity index (χ2v) is 2.89. The summed E-state index contributed by atoms with van der Waals surface area (Å²) in [6.45, 7) is 2.15. The molecule has 0 aromatic rings. The van der Waals surface area contributed by atoms with Crippen molar-refractivity contribution in [2.45, 2.75) is 25.9 Å². The fourth-order valence-electron chi connectivity index (χ4n) is 1.41. The molecular weight excluding hydrogens is 148 g/mol. The number of methoxy groups -OCH3 is 1. The Balaban J connectivity index is 2.66. The maximum absolute atomic E-state index is 5.36. The highest BCUT2D eigenvalue weighted by Gasteiger charge is 2.09. The lowest BCUT2D eigenvalue weighted by Crippen LogP contribution is -2.11. The van der Waals surface area contributed by atoms with Gasteiger partial charge in [-0.25, -0.2) is 0 Å². The van der Waals surface area contributed by atoms with Gasteiger partial charge in [-0.3, -0.25) is 0 Å². The van der Waals surface area contributed by atoms with Crippen LogP contribution < -0.4 is 0 Å². The third-order valence-corrected chi connectivity index (χ3v) is 2.09. The van der Waals surface area contributed by atoms with Crippen molar-refractivity contribution in [3.05, 3.63) is 36.0 Å². The minimum absolute atomic E-state index is 0.289. The topological polar surface area (TPSA) is 9.23 Å². The summed E-state index contributed by atoms with van der Waals surface area (Å²) < 4.78 is 5.36. The van der Waals surface area contributed by atoms with Gasteiger partial charge in [0.2, 0.25) is 0 Å². The maximum atomic E-state index is 5.36. The van der Waals surface area contributed by atoms with Gasteiger partial charge in [-0.15, -0.1) is 0 Å². The van der Waals surface area contributed by atoms with Gasteiger partial charge in [-0.05, 0) is 18.4 Å². The molecule has 0 aromatic heterocycles. The van der Waals surface area contributed by atoms with Crippen LogP contribution in [0.25, 0.3) is 0 Å². The first-order chi connectivity index (χ1) is 5.88. The van der Waals surface area contributed by atoms with Crippen LogP contribution in [0.3, 0.4) is 0 Å². The van der Waals surface area contributed by atoms with E-state index < -0.39 is 0 Å². The lowest BCUT2D eigenvalue weighted by Gasteiger charge is -2.15. The second kappa shape index (κ2) is 4.94. The summed E-state index contributed by atoms with van der Waals surface area (Å²) in [6, 6.07) is 0. The molecule has 0 saturated heterocycles. The molecule has 1 aliphatic carbocycles. The Morgan fingerprint density at radius 3 is 2.92 bits per heavy atom. The van der Waals surface area contributed by atoms with Crippen molar-refractivity contribution in [3.63, 3.8) is 0 Å². The van der Waals surface area contributed by atoms with Crippen LogP contribution in [-0.4, -0.2) is 13.2 Å². The Morgan fingerprint density at radius 1 is 1.42 bits per heavy atom. The van der Waals surface area contributed by atoms with Crippen molar-refractivity contribution in [1.82, 2.24) is 0 Å². The zero-order chi connectivity index (χ0) is 8.81. The van der Waals surface area contributed by atoms with Crippen LogP contribution in [0, 0.1) is 0 Å². The van der Waals surface area contributed by atoms with E-state index in [-0.39, 0.29) is 6.10 Å². The smallest absolute Gasteiger partial charge is 0.0784 e. The predicted molar refractivity (Wildman–Crippen MR) is 52.1 cm³/mol. The summed E-state index contributed by atoms with van der Waals surface area (Å²) in [5, 5.41) is 0. The van der Waals surface area contributed by atoms with Crippen molar-refractivity contribution in [2.24, 2.45) is 0 Å². The Kier molecular flexibility index (Phi) is 3.81. The highest BCUT2D eigenvalue weighted by Crippen LogP contribution is 2.16. The molecule has 0 aromatic carbocycles. The molecule has 0 fully saturated rings. The molecule has 0 saturated carbocycles. The number of rotatable bonds is 3. The van der Waals surface area contributed by atoms with Gasteiger partial charge in [0.15, 0.2) is 0 Å². The zero-order valence-electron chi connectivity index (χ0n) is 7.79. The first-order valence-electron chi connectivity index (χ1n) is 4.43. The van der Waals surface area contributed by atoms with E-state index >= 15 is 0 Å². The molecule has 1 aliphatic rings. The number of ether oxygens (including phenoxy) is 1. The van der Waals surface area contributed by atoms with E-state index in [1.807, 2.05) is 0 Å². The molecule has 1 rings (SSSR count). The molecule has 0 N–H and O–H groups in total. The van der Waals surface area contributed by atoms with Crippen molar-refractivity contribution in [1.29, 1.82) is 0 Å². The zero-order valence-corrected chi connectivity index (χ0v) is 7.79. The van der Waals surface area contributed by atoms with Gasteiger partial charge in [0.1, 0.15) is 0 Å². The molecule has 0 spiro atoms. The van der Waals surface area contributed by atoms with Gasteiger partial charge < -0.3 is 4.74 Å². The molecule has 0 amide bonds. The van der Waals surface area contributed by atoms with Crippen molar-refractivity contribution < 1.29 is 4.74 Å². The maximum Gasteiger partial charge on any atom is 0.0784 e. The van der Waals surface area contributed by atoms with E-state index in [0.717, 1.165) is 12.8 Å². The Labute approximate surface area is 74.4 Å². The molecule has 1 atom stereocenters. The van der Waals surface area contributed by atoms with E-state index in [1.165, 1.54) is 5.57 Å². The molecule has 0 aliphatic heterocycles. The van der Waals surface area contributed by atoms with Crippen molar-refractivity contribution in [3.8, 4) is 0 Å². The predicted octanol–water partition coefficient (Wildman–Crippen LogP) is 2.85.